The Bertz CT molecular complexity index is 900. The number of carboxylic acids is 1. The van der Waals surface area contributed by atoms with Gasteiger partial charge in [0, 0.05) is 16.1 Å². The Kier molecular flexibility index (Phi) is 3.65. The fourth-order valence-corrected chi connectivity index (χ4v) is 2.63. The molecular weight excluding hydrogens is 300 g/mol. The molecule has 0 aliphatic heterocycles. The van der Waals surface area contributed by atoms with E-state index in [-0.39, 0.29) is 16.9 Å². The lowest BCUT2D eigenvalue weighted by Gasteiger charge is -2.08. The topological polar surface area (TPSA) is 54.4 Å². The average Bonchev–Trinajstić information content (AvgIpc) is 2.53. The molecule has 0 aliphatic rings. The molecule has 0 aromatic heterocycles. The van der Waals surface area contributed by atoms with E-state index in [4.69, 9.17) is 11.6 Å². The van der Waals surface area contributed by atoms with E-state index < -0.39 is 5.97 Å². The number of rotatable bonds is 3. The number of benzene rings is 3. The molecule has 3 aromatic rings. The highest BCUT2D eigenvalue weighted by Crippen LogP contribution is 2.25. The van der Waals surface area contributed by atoms with Gasteiger partial charge in [0.05, 0.1) is 5.56 Å². The Labute approximate surface area is 131 Å². The number of carboxylic acid groups (broad SMARTS) is 1. The number of carbonyl (C=O) groups is 2. The molecule has 0 fully saturated rings. The van der Waals surface area contributed by atoms with E-state index in [1.807, 2.05) is 12.1 Å². The van der Waals surface area contributed by atoms with Gasteiger partial charge in [0.1, 0.15) is 0 Å². The summed E-state index contributed by atoms with van der Waals surface area (Å²) >= 11 is 6.02. The van der Waals surface area contributed by atoms with Crippen molar-refractivity contribution in [2.45, 2.75) is 0 Å². The number of halogens is 1. The summed E-state index contributed by atoms with van der Waals surface area (Å²) < 4.78 is 0. The van der Waals surface area contributed by atoms with Crippen LogP contribution in [0.1, 0.15) is 26.3 Å². The molecule has 0 radical (unpaired) electrons. The van der Waals surface area contributed by atoms with Gasteiger partial charge in [-0.15, -0.1) is 0 Å². The fraction of sp³-hybridized carbons (Fsp3) is 0. The molecule has 0 unspecified atom stereocenters. The van der Waals surface area contributed by atoms with E-state index in [1.54, 1.807) is 36.4 Å². The molecule has 3 rings (SSSR count). The maximum absolute atomic E-state index is 12.8. The summed E-state index contributed by atoms with van der Waals surface area (Å²) in [7, 11) is 0. The summed E-state index contributed by atoms with van der Waals surface area (Å²) in [6.07, 6.45) is 0. The molecular formula is C18H11ClO3. The molecule has 4 heteroatoms. The first-order valence-electron chi connectivity index (χ1n) is 6.63. The second kappa shape index (κ2) is 5.62. The molecule has 0 atom stereocenters. The normalized spacial score (nSPS) is 10.6. The van der Waals surface area contributed by atoms with Crippen LogP contribution in [0.2, 0.25) is 5.02 Å². The Morgan fingerprint density at radius 2 is 1.50 bits per heavy atom. The van der Waals surface area contributed by atoms with Crippen molar-refractivity contribution >= 4 is 34.1 Å². The molecule has 22 heavy (non-hydrogen) atoms. The number of carbonyl (C=O) groups excluding carboxylic acids is 1. The number of hydrogen-bond acceptors (Lipinski definition) is 2. The van der Waals surface area contributed by atoms with Gasteiger partial charge < -0.3 is 5.11 Å². The van der Waals surface area contributed by atoms with Crippen molar-refractivity contribution in [3.8, 4) is 0 Å². The van der Waals surface area contributed by atoms with Crippen LogP contribution < -0.4 is 0 Å². The van der Waals surface area contributed by atoms with Gasteiger partial charge in [-0.25, -0.2) is 4.79 Å². The maximum atomic E-state index is 12.8. The van der Waals surface area contributed by atoms with Crippen molar-refractivity contribution in [1.29, 1.82) is 0 Å². The van der Waals surface area contributed by atoms with Gasteiger partial charge >= 0.3 is 5.97 Å². The van der Waals surface area contributed by atoms with Gasteiger partial charge in [0.15, 0.2) is 5.78 Å². The minimum absolute atomic E-state index is 0.00784. The lowest BCUT2D eigenvalue weighted by molar-refractivity contribution is 0.0693. The predicted molar refractivity (Wildman–Crippen MR) is 85.8 cm³/mol. The molecule has 108 valence electrons. The van der Waals surface area contributed by atoms with Crippen molar-refractivity contribution in [1.82, 2.24) is 0 Å². The fourth-order valence-electron chi connectivity index (χ4n) is 2.46. The molecule has 0 aliphatic carbocycles. The van der Waals surface area contributed by atoms with Crippen LogP contribution in [0.3, 0.4) is 0 Å². The third kappa shape index (κ3) is 2.47. The summed E-state index contributed by atoms with van der Waals surface area (Å²) in [4.78, 5) is 24.1. The Morgan fingerprint density at radius 3 is 2.23 bits per heavy atom. The zero-order valence-corrected chi connectivity index (χ0v) is 12.2. The van der Waals surface area contributed by atoms with Crippen molar-refractivity contribution in [3.05, 3.63) is 82.4 Å². The van der Waals surface area contributed by atoms with Crippen molar-refractivity contribution in [3.63, 3.8) is 0 Å². The standard InChI is InChI=1S/C18H11ClO3/c19-12-9-8-11-4-3-7-14(16(11)10-12)17(20)13-5-1-2-6-15(13)18(21)22/h1-10H,(H,21,22). The maximum Gasteiger partial charge on any atom is 0.336 e. The van der Waals surface area contributed by atoms with Gasteiger partial charge in [-0.05, 0) is 29.0 Å². The van der Waals surface area contributed by atoms with Gasteiger partial charge in [0.25, 0.3) is 0 Å². The van der Waals surface area contributed by atoms with Crippen LogP contribution >= 0.6 is 11.6 Å². The van der Waals surface area contributed by atoms with Crippen LogP contribution in [0.4, 0.5) is 0 Å². The van der Waals surface area contributed by atoms with Gasteiger partial charge in [-0.2, -0.15) is 0 Å². The number of hydrogen-bond donors (Lipinski definition) is 1. The molecule has 0 saturated heterocycles. The SMILES string of the molecule is O=C(O)c1ccccc1C(=O)c1cccc2ccc(Cl)cc12. The van der Waals surface area contributed by atoms with Crippen molar-refractivity contribution in [2.24, 2.45) is 0 Å². The van der Waals surface area contributed by atoms with Crippen LogP contribution in [-0.4, -0.2) is 16.9 Å². The smallest absolute Gasteiger partial charge is 0.336 e. The zero-order chi connectivity index (χ0) is 15.7. The first kappa shape index (κ1) is 14.3. The Hall–Kier alpha value is -2.65. The van der Waals surface area contributed by atoms with E-state index in [1.165, 1.54) is 12.1 Å². The van der Waals surface area contributed by atoms with E-state index in [2.05, 4.69) is 0 Å². The average molecular weight is 311 g/mol. The Morgan fingerprint density at radius 1 is 0.818 bits per heavy atom. The minimum atomic E-state index is -1.12. The molecule has 3 nitrogen and oxygen atoms in total. The van der Waals surface area contributed by atoms with Crippen LogP contribution in [0, 0.1) is 0 Å². The highest BCUT2D eigenvalue weighted by molar-refractivity contribution is 6.32. The molecule has 3 aromatic carbocycles. The number of fused-ring (bicyclic) bond motifs is 1. The van der Waals surface area contributed by atoms with Gasteiger partial charge in [0.2, 0.25) is 0 Å². The minimum Gasteiger partial charge on any atom is -0.478 e. The van der Waals surface area contributed by atoms with Crippen LogP contribution in [0.25, 0.3) is 10.8 Å². The van der Waals surface area contributed by atoms with E-state index in [0.29, 0.717) is 16.0 Å². The summed E-state index contributed by atoms with van der Waals surface area (Å²) in [5.41, 5.74) is 0.600. The monoisotopic (exact) mass is 310 g/mol. The number of aromatic carboxylic acids is 1. The van der Waals surface area contributed by atoms with Crippen LogP contribution in [0.5, 0.6) is 0 Å². The zero-order valence-electron chi connectivity index (χ0n) is 11.4. The molecule has 0 heterocycles. The quantitative estimate of drug-likeness (QED) is 0.728. The lowest BCUT2D eigenvalue weighted by Crippen LogP contribution is -2.09. The molecule has 0 amide bonds. The summed E-state index contributed by atoms with van der Waals surface area (Å²) in [6.45, 7) is 0. The van der Waals surface area contributed by atoms with E-state index in [9.17, 15) is 14.7 Å². The third-order valence-corrected chi connectivity index (χ3v) is 3.73. The van der Waals surface area contributed by atoms with Crippen LogP contribution in [0.15, 0.2) is 60.7 Å². The second-order valence-corrected chi connectivity index (χ2v) is 5.29. The summed E-state index contributed by atoms with van der Waals surface area (Å²) in [6, 6.07) is 16.8. The van der Waals surface area contributed by atoms with E-state index >= 15 is 0 Å². The molecule has 0 bridgehead atoms. The summed E-state index contributed by atoms with van der Waals surface area (Å²) in [5, 5.41) is 11.4. The van der Waals surface area contributed by atoms with Crippen molar-refractivity contribution < 1.29 is 14.7 Å². The second-order valence-electron chi connectivity index (χ2n) is 4.85. The Balaban J connectivity index is 2.22. The molecule has 0 spiro atoms. The van der Waals surface area contributed by atoms with Gasteiger partial charge in [-0.3, -0.25) is 4.79 Å². The molecule has 0 saturated carbocycles. The lowest BCUT2D eigenvalue weighted by atomic mass is 9.94. The summed E-state index contributed by atoms with van der Waals surface area (Å²) in [5.74, 6) is -1.45. The largest absolute Gasteiger partial charge is 0.478 e. The number of ketones is 1. The third-order valence-electron chi connectivity index (χ3n) is 3.49. The highest BCUT2D eigenvalue weighted by atomic mass is 35.5. The molecule has 1 N–H and O–H groups in total. The predicted octanol–water partition coefficient (Wildman–Crippen LogP) is 4.42. The van der Waals surface area contributed by atoms with E-state index in [0.717, 1.165) is 5.39 Å². The highest BCUT2D eigenvalue weighted by Gasteiger charge is 2.19. The van der Waals surface area contributed by atoms with Crippen LogP contribution in [-0.2, 0) is 0 Å². The van der Waals surface area contributed by atoms with Gasteiger partial charge in [-0.1, -0.05) is 54.1 Å². The first-order valence-corrected chi connectivity index (χ1v) is 7.01. The first-order chi connectivity index (χ1) is 10.6. The van der Waals surface area contributed by atoms with Crippen molar-refractivity contribution in [2.75, 3.05) is 0 Å².